The molecule has 8 nitrogen and oxygen atoms in total. The number of likely N-dealkylation sites (tertiary alicyclic amines) is 1. The molecular weight excluding hydrogens is 374 g/mol. The molecule has 29 heavy (non-hydrogen) atoms. The molecule has 3 fully saturated rings. The van der Waals surface area contributed by atoms with E-state index in [2.05, 4.69) is 10.6 Å². The number of amides is 3. The van der Waals surface area contributed by atoms with Crippen molar-refractivity contribution in [1.29, 1.82) is 0 Å². The lowest BCUT2D eigenvalue weighted by Gasteiger charge is -2.51. The largest absolute Gasteiger partial charge is 0.454 e. The predicted octanol–water partition coefficient (Wildman–Crippen LogP) is 2.49. The number of fused-ring (bicyclic) bond motifs is 2. The van der Waals surface area contributed by atoms with Gasteiger partial charge in [0, 0.05) is 24.2 Å². The number of nitrogens with one attached hydrogen (secondary N) is 2. The van der Waals surface area contributed by atoms with Crippen molar-refractivity contribution in [3.05, 3.63) is 18.2 Å². The van der Waals surface area contributed by atoms with Crippen LogP contribution in [0.25, 0.3) is 0 Å². The summed E-state index contributed by atoms with van der Waals surface area (Å²) in [6.45, 7) is 1.36. The minimum absolute atomic E-state index is 0.0423. The number of nitrogens with zero attached hydrogens (tertiary/aromatic N) is 1. The van der Waals surface area contributed by atoms with Gasteiger partial charge in [-0.1, -0.05) is 12.8 Å². The summed E-state index contributed by atoms with van der Waals surface area (Å²) in [7, 11) is 0. The van der Waals surface area contributed by atoms with Crippen molar-refractivity contribution in [2.24, 2.45) is 5.92 Å². The number of rotatable bonds is 4. The van der Waals surface area contributed by atoms with Crippen molar-refractivity contribution < 1.29 is 23.8 Å². The molecular formula is C21H27N3O5. The molecule has 0 aromatic heterocycles. The number of carbonyl (C=O) groups excluding carboxylic acids is 2. The van der Waals surface area contributed by atoms with E-state index in [1.807, 2.05) is 11.0 Å². The summed E-state index contributed by atoms with van der Waals surface area (Å²) >= 11 is 0. The number of urea groups is 1. The molecule has 1 saturated carbocycles. The van der Waals surface area contributed by atoms with Gasteiger partial charge in [0.2, 0.25) is 12.7 Å². The third-order valence-corrected chi connectivity index (χ3v) is 6.47. The summed E-state index contributed by atoms with van der Waals surface area (Å²) in [5, 5.41) is 5.99. The van der Waals surface area contributed by atoms with Gasteiger partial charge in [-0.3, -0.25) is 4.79 Å². The second-order valence-corrected chi connectivity index (χ2v) is 8.32. The molecule has 0 bridgehead atoms. The first kappa shape index (κ1) is 18.5. The van der Waals surface area contributed by atoms with Crippen LogP contribution < -0.4 is 20.1 Å². The average molecular weight is 401 g/mol. The lowest BCUT2D eigenvalue weighted by molar-refractivity contribution is -0.149. The molecule has 8 heteroatoms. The van der Waals surface area contributed by atoms with E-state index in [0.717, 1.165) is 38.5 Å². The van der Waals surface area contributed by atoms with E-state index >= 15 is 0 Å². The standard InChI is InChI=1S/C21H27N3O5/c25-20(13-3-1-2-4-13)22-10-15-6-7-16-19(29-15)11-24(16)21(26)23-14-5-8-17-18(9-14)28-12-27-17/h5,8-9,13,15-16,19H,1-4,6-7,10-12H2,(H,22,25)(H,23,26)/t15-,16+,19+/m0/s1. The van der Waals surface area contributed by atoms with E-state index in [9.17, 15) is 9.59 Å². The molecule has 4 aliphatic rings. The number of hydrogen-bond acceptors (Lipinski definition) is 5. The van der Waals surface area contributed by atoms with Crippen molar-refractivity contribution in [2.45, 2.75) is 56.8 Å². The molecule has 2 N–H and O–H groups in total. The van der Waals surface area contributed by atoms with Gasteiger partial charge in [-0.25, -0.2) is 4.79 Å². The first-order chi connectivity index (χ1) is 14.2. The Morgan fingerprint density at radius 2 is 1.90 bits per heavy atom. The molecule has 3 heterocycles. The van der Waals surface area contributed by atoms with Gasteiger partial charge >= 0.3 is 6.03 Å². The quantitative estimate of drug-likeness (QED) is 0.809. The highest BCUT2D eigenvalue weighted by molar-refractivity contribution is 5.90. The molecule has 0 unspecified atom stereocenters. The number of ether oxygens (including phenoxy) is 3. The Kier molecular flexibility index (Phi) is 4.95. The van der Waals surface area contributed by atoms with Crippen LogP contribution in [0.3, 0.4) is 0 Å². The summed E-state index contributed by atoms with van der Waals surface area (Å²) in [6.07, 6.45) is 6.17. The molecule has 3 atom stereocenters. The highest BCUT2D eigenvalue weighted by Gasteiger charge is 2.46. The number of benzene rings is 1. The summed E-state index contributed by atoms with van der Waals surface area (Å²) < 4.78 is 16.8. The average Bonchev–Trinajstić information content (AvgIpc) is 3.39. The maximum absolute atomic E-state index is 12.6. The Hall–Kier alpha value is -2.48. The third kappa shape index (κ3) is 3.73. The van der Waals surface area contributed by atoms with Crippen molar-refractivity contribution >= 4 is 17.6 Å². The Morgan fingerprint density at radius 1 is 1.07 bits per heavy atom. The summed E-state index contributed by atoms with van der Waals surface area (Å²) in [4.78, 5) is 26.6. The van der Waals surface area contributed by atoms with E-state index in [4.69, 9.17) is 14.2 Å². The molecule has 3 aliphatic heterocycles. The number of hydrogen-bond donors (Lipinski definition) is 2. The van der Waals surface area contributed by atoms with E-state index in [1.54, 1.807) is 12.1 Å². The Balaban J connectivity index is 1.08. The van der Waals surface area contributed by atoms with E-state index < -0.39 is 0 Å². The topological polar surface area (TPSA) is 89.1 Å². The minimum atomic E-state index is -0.123. The zero-order valence-corrected chi connectivity index (χ0v) is 16.4. The number of carbonyl (C=O) groups is 2. The van der Waals surface area contributed by atoms with Gasteiger partial charge < -0.3 is 29.7 Å². The summed E-state index contributed by atoms with van der Waals surface area (Å²) in [5.41, 5.74) is 0.687. The van der Waals surface area contributed by atoms with E-state index in [-0.39, 0.29) is 42.9 Å². The van der Waals surface area contributed by atoms with Crippen LogP contribution in [0.5, 0.6) is 11.5 Å². The summed E-state index contributed by atoms with van der Waals surface area (Å²) in [5.74, 6) is 1.70. The van der Waals surface area contributed by atoms with Crippen molar-refractivity contribution in [3.63, 3.8) is 0 Å². The van der Waals surface area contributed by atoms with Gasteiger partial charge in [-0.05, 0) is 37.8 Å². The monoisotopic (exact) mass is 401 g/mol. The van der Waals surface area contributed by atoms with Crippen LogP contribution in [0.2, 0.25) is 0 Å². The van der Waals surface area contributed by atoms with Crippen LogP contribution in [0, 0.1) is 5.92 Å². The molecule has 3 amide bonds. The third-order valence-electron chi connectivity index (χ3n) is 6.47. The zero-order valence-electron chi connectivity index (χ0n) is 16.4. The summed E-state index contributed by atoms with van der Waals surface area (Å²) in [6, 6.07) is 5.36. The second-order valence-electron chi connectivity index (χ2n) is 8.32. The molecule has 0 spiro atoms. The van der Waals surface area contributed by atoms with Crippen molar-refractivity contribution in [1.82, 2.24) is 10.2 Å². The fourth-order valence-electron chi connectivity index (χ4n) is 4.76. The van der Waals surface area contributed by atoms with Gasteiger partial charge in [0.25, 0.3) is 0 Å². The Labute approximate surface area is 169 Å². The van der Waals surface area contributed by atoms with Crippen LogP contribution in [0.4, 0.5) is 10.5 Å². The fraction of sp³-hybridized carbons (Fsp3) is 0.619. The second kappa shape index (κ2) is 7.74. The minimum Gasteiger partial charge on any atom is -0.454 e. The van der Waals surface area contributed by atoms with Crippen LogP contribution in [0.1, 0.15) is 38.5 Å². The fourth-order valence-corrected chi connectivity index (χ4v) is 4.76. The Bertz CT molecular complexity index is 795. The van der Waals surface area contributed by atoms with Crippen LogP contribution >= 0.6 is 0 Å². The van der Waals surface area contributed by atoms with Crippen LogP contribution in [-0.4, -0.2) is 55.0 Å². The molecule has 2 saturated heterocycles. The molecule has 1 aliphatic carbocycles. The van der Waals surface area contributed by atoms with Gasteiger partial charge in [-0.2, -0.15) is 0 Å². The highest BCUT2D eigenvalue weighted by Crippen LogP contribution is 2.36. The van der Waals surface area contributed by atoms with E-state index in [0.29, 0.717) is 30.3 Å². The van der Waals surface area contributed by atoms with Crippen LogP contribution in [0.15, 0.2) is 18.2 Å². The maximum atomic E-state index is 12.6. The molecule has 1 aromatic rings. The Morgan fingerprint density at radius 3 is 2.72 bits per heavy atom. The molecule has 5 rings (SSSR count). The first-order valence-electron chi connectivity index (χ1n) is 10.6. The van der Waals surface area contributed by atoms with Crippen LogP contribution in [-0.2, 0) is 9.53 Å². The lowest BCUT2D eigenvalue weighted by atomic mass is 9.90. The van der Waals surface area contributed by atoms with Crippen molar-refractivity contribution in [2.75, 3.05) is 25.2 Å². The van der Waals surface area contributed by atoms with E-state index in [1.165, 1.54) is 0 Å². The molecule has 156 valence electrons. The molecule has 1 aromatic carbocycles. The number of anilines is 1. The molecule has 0 radical (unpaired) electrons. The lowest BCUT2D eigenvalue weighted by Crippen LogP contribution is -2.67. The predicted molar refractivity (Wildman–Crippen MR) is 105 cm³/mol. The SMILES string of the molecule is O=C(NC[C@@H]1CC[C@@H]2[C@@H](CN2C(=O)Nc2ccc3c(c2)OCO3)O1)C1CCCC1. The highest BCUT2D eigenvalue weighted by atomic mass is 16.7. The van der Waals surface area contributed by atoms with Gasteiger partial charge in [0.15, 0.2) is 11.5 Å². The smallest absolute Gasteiger partial charge is 0.322 e. The van der Waals surface area contributed by atoms with Crippen molar-refractivity contribution in [3.8, 4) is 11.5 Å². The first-order valence-corrected chi connectivity index (χ1v) is 10.6. The van der Waals surface area contributed by atoms with Gasteiger partial charge in [-0.15, -0.1) is 0 Å². The maximum Gasteiger partial charge on any atom is 0.322 e. The normalized spacial score (nSPS) is 27.9. The van der Waals surface area contributed by atoms with Gasteiger partial charge in [0.1, 0.15) is 0 Å². The van der Waals surface area contributed by atoms with Gasteiger partial charge in [0.05, 0.1) is 24.8 Å². The zero-order chi connectivity index (χ0) is 19.8.